The predicted molar refractivity (Wildman–Crippen MR) is 225 cm³/mol. The Balaban J connectivity index is 1.11. The molecule has 1 heterocycles. The van der Waals surface area contributed by atoms with Gasteiger partial charge in [-0.1, -0.05) is 158 Å². The Labute approximate surface area is 326 Å². The van der Waals surface area contributed by atoms with Crippen molar-refractivity contribution in [3.05, 3.63) is 186 Å². The van der Waals surface area contributed by atoms with Gasteiger partial charge in [0.05, 0.1) is 11.0 Å². The molecule has 0 bridgehead atoms. The first-order chi connectivity index (χ1) is 27.9. The lowest BCUT2D eigenvalue weighted by Crippen LogP contribution is -2.28. The molecule has 9 aromatic carbocycles. The second-order valence-electron chi connectivity index (χ2n) is 14.7. The highest BCUT2D eigenvalue weighted by Crippen LogP contribution is 2.59. The van der Waals surface area contributed by atoms with Gasteiger partial charge in [-0.2, -0.15) is 0 Å². The molecule has 10 aromatic rings. The number of hydrogen-bond acceptors (Lipinski definition) is 6. The highest BCUT2D eigenvalue weighted by atomic mass is 16.4. The van der Waals surface area contributed by atoms with Crippen molar-refractivity contribution in [1.29, 1.82) is 0 Å². The molecule has 5 N–H and O–H groups in total. The van der Waals surface area contributed by atoms with Gasteiger partial charge in [-0.15, -0.1) is 0 Å². The van der Waals surface area contributed by atoms with E-state index >= 15 is 0 Å². The Morgan fingerprint density at radius 2 is 0.825 bits per heavy atom. The highest BCUT2D eigenvalue weighted by molar-refractivity contribution is 6.23. The summed E-state index contributed by atoms with van der Waals surface area (Å²) in [5, 5.41) is 58.6. The van der Waals surface area contributed by atoms with Gasteiger partial charge in [-0.05, 0) is 66.6 Å². The summed E-state index contributed by atoms with van der Waals surface area (Å²) in [6, 6.07) is 55.9. The molecule has 6 nitrogen and oxygen atoms in total. The monoisotopic (exact) mass is 740 g/mol. The number of furan rings is 1. The lowest BCUT2D eigenvalue weighted by Gasteiger charge is -2.34. The molecule has 0 atom stereocenters. The minimum Gasteiger partial charge on any atom is -0.504 e. The second-order valence-corrected chi connectivity index (χ2v) is 14.7. The molecule has 0 aliphatic heterocycles. The zero-order chi connectivity index (χ0) is 38.6. The van der Waals surface area contributed by atoms with Crippen molar-refractivity contribution in [2.75, 3.05) is 0 Å². The van der Waals surface area contributed by atoms with E-state index in [2.05, 4.69) is 115 Å². The van der Waals surface area contributed by atoms with Crippen LogP contribution in [0, 0.1) is 0 Å². The Bertz CT molecular complexity index is 3150. The first kappa shape index (κ1) is 32.7. The molecule has 57 heavy (non-hydrogen) atoms. The van der Waals surface area contributed by atoms with Crippen LogP contribution in [-0.4, -0.2) is 25.5 Å². The summed E-state index contributed by atoms with van der Waals surface area (Å²) in [4.78, 5) is 0. The number of phenolic OH excluding ortho intramolecular Hbond substituents is 5. The van der Waals surface area contributed by atoms with Crippen LogP contribution in [-0.2, 0) is 5.41 Å². The van der Waals surface area contributed by atoms with Gasteiger partial charge < -0.3 is 29.9 Å². The summed E-state index contributed by atoms with van der Waals surface area (Å²) in [7, 11) is 0. The van der Waals surface area contributed by atoms with Gasteiger partial charge in [0.1, 0.15) is 11.2 Å². The average molecular weight is 741 g/mol. The summed E-state index contributed by atoms with van der Waals surface area (Å²) >= 11 is 0. The number of benzene rings is 9. The second kappa shape index (κ2) is 11.9. The molecule has 0 saturated heterocycles. The largest absolute Gasteiger partial charge is 0.504 e. The standard InChI is InChI=1S/C51H32O6/c52-45-44(46(53)48(55)49(56)47(45)54)41-35-18-9-7-16-33(35)40(34-17-8-10-19-36(34)41)29-24-22-28(23-25-29)32-26-27-38-43-42-37(20-11-21-39(42)57-50(32)43)51(38,30-12-3-1-4-13-30)31-14-5-2-6-15-31/h1-27,52-56H. The number of phenols is 5. The molecule has 11 rings (SSSR count). The van der Waals surface area contributed by atoms with E-state index in [-0.39, 0.29) is 5.56 Å². The highest BCUT2D eigenvalue weighted by Gasteiger charge is 2.46. The quantitative estimate of drug-likeness (QED) is 0.0682. The summed E-state index contributed by atoms with van der Waals surface area (Å²) in [6.07, 6.45) is 0. The zero-order valence-corrected chi connectivity index (χ0v) is 30.2. The van der Waals surface area contributed by atoms with Gasteiger partial charge in [-0.25, -0.2) is 0 Å². The fourth-order valence-corrected chi connectivity index (χ4v) is 9.53. The Morgan fingerprint density at radius 3 is 1.39 bits per heavy atom. The summed E-state index contributed by atoms with van der Waals surface area (Å²) in [6.45, 7) is 0. The maximum Gasteiger partial charge on any atom is 0.208 e. The third-order valence-corrected chi connectivity index (χ3v) is 11.9. The molecule has 6 heteroatoms. The predicted octanol–water partition coefficient (Wildman–Crippen LogP) is 12.1. The van der Waals surface area contributed by atoms with Crippen molar-refractivity contribution in [2.24, 2.45) is 0 Å². The summed E-state index contributed by atoms with van der Waals surface area (Å²) < 4.78 is 6.76. The van der Waals surface area contributed by atoms with E-state index < -0.39 is 34.2 Å². The molecule has 272 valence electrons. The van der Waals surface area contributed by atoms with Crippen molar-refractivity contribution in [1.82, 2.24) is 0 Å². The lowest BCUT2D eigenvalue weighted by molar-refractivity contribution is 0.330. The van der Waals surface area contributed by atoms with Crippen LogP contribution < -0.4 is 0 Å². The fraction of sp³-hybridized carbons (Fsp3) is 0.0196. The van der Waals surface area contributed by atoms with E-state index in [1.807, 2.05) is 48.5 Å². The fourth-order valence-electron chi connectivity index (χ4n) is 9.53. The Hall–Kier alpha value is -7.70. The van der Waals surface area contributed by atoms with Crippen LogP contribution in [0.5, 0.6) is 28.7 Å². The SMILES string of the molecule is Oc1c(O)c(O)c(-c2c3ccccc3c(-c3ccc(-c4ccc5c6c4oc4cccc(c46)C5(c4ccccc4)c4ccccc4)cc3)c3ccccc23)c(O)c1O. The minimum absolute atomic E-state index is 0.181. The summed E-state index contributed by atoms with van der Waals surface area (Å²) in [5.74, 6) is -4.31. The molecule has 0 saturated carbocycles. The smallest absolute Gasteiger partial charge is 0.208 e. The zero-order valence-electron chi connectivity index (χ0n) is 30.2. The van der Waals surface area contributed by atoms with Gasteiger partial charge in [-0.3, -0.25) is 0 Å². The first-order valence-corrected chi connectivity index (χ1v) is 18.7. The third-order valence-electron chi connectivity index (χ3n) is 11.9. The van der Waals surface area contributed by atoms with E-state index in [1.54, 1.807) is 0 Å². The first-order valence-electron chi connectivity index (χ1n) is 18.7. The van der Waals surface area contributed by atoms with Crippen molar-refractivity contribution < 1.29 is 29.9 Å². The molecule has 0 amide bonds. The lowest BCUT2D eigenvalue weighted by atomic mass is 9.67. The van der Waals surface area contributed by atoms with Crippen LogP contribution in [0.15, 0.2) is 168 Å². The Kier molecular flexibility index (Phi) is 6.83. The van der Waals surface area contributed by atoms with Crippen molar-refractivity contribution >= 4 is 43.5 Å². The number of hydrogen-bond donors (Lipinski definition) is 5. The van der Waals surface area contributed by atoms with Crippen molar-refractivity contribution in [3.8, 4) is 62.1 Å². The maximum atomic E-state index is 11.1. The number of aromatic hydroxyl groups is 5. The molecule has 0 unspecified atom stereocenters. The van der Waals surface area contributed by atoms with E-state index in [4.69, 9.17) is 4.42 Å². The van der Waals surface area contributed by atoms with E-state index in [1.165, 1.54) is 22.3 Å². The topological polar surface area (TPSA) is 114 Å². The van der Waals surface area contributed by atoms with Gasteiger partial charge in [0.15, 0.2) is 11.5 Å². The molecule has 0 radical (unpaired) electrons. The molecule has 1 aromatic heterocycles. The van der Waals surface area contributed by atoms with E-state index in [9.17, 15) is 25.5 Å². The van der Waals surface area contributed by atoms with Crippen LogP contribution in [0.4, 0.5) is 0 Å². The van der Waals surface area contributed by atoms with Gasteiger partial charge >= 0.3 is 0 Å². The Morgan fingerprint density at radius 1 is 0.351 bits per heavy atom. The maximum absolute atomic E-state index is 11.1. The van der Waals surface area contributed by atoms with Crippen LogP contribution in [0.3, 0.4) is 0 Å². The van der Waals surface area contributed by atoms with Crippen molar-refractivity contribution in [2.45, 2.75) is 5.41 Å². The van der Waals surface area contributed by atoms with Gasteiger partial charge in [0.25, 0.3) is 0 Å². The number of fused-ring (bicyclic) bond motifs is 2. The summed E-state index contributed by atoms with van der Waals surface area (Å²) in [5.41, 5.74) is 10.1. The van der Waals surface area contributed by atoms with E-state index in [0.717, 1.165) is 55.0 Å². The van der Waals surface area contributed by atoms with Crippen LogP contribution in [0.2, 0.25) is 0 Å². The van der Waals surface area contributed by atoms with Gasteiger partial charge in [0.2, 0.25) is 17.2 Å². The van der Waals surface area contributed by atoms with Gasteiger partial charge in [0, 0.05) is 21.9 Å². The number of rotatable bonds is 5. The van der Waals surface area contributed by atoms with Crippen LogP contribution >= 0.6 is 0 Å². The van der Waals surface area contributed by atoms with E-state index in [0.29, 0.717) is 16.3 Å². The minimum atomic E-state index is -0.998. The van der Waals surface area contributed by atoms with Crippen molar-refractivity contribution in [3.63, 3.8) is 0 Å². The van der Waals surface area contributed by atoms with Crippen LogP contribution in [0.25, 0.3) is 76.9 Å². The van der Waals surface area contributed by atoms with Crippen LogP contribution in [0.1, 0.15) is 22.3 Å². The molecular formula is C51H32O6. The molecule has 0 spiro atoms. The molecule has 1 aliphatic carbocycles. The average Bonchev–Trinajstić information content (AvgIpc) is 3.81. The molecular weight excluding hydrogens is 709 g/mol. The molecule has 1 aliphatic rings. The molecule has 0 fully saturated rings. The third kappa shape index (κ3) is 4.29. The normalized spacial score (nSPS) is 13.1.